The molecule has 1 rings (SSSR count). The zero-order valence-electron chi connectivity index (χ0n) is 8.72. The molecule has 0 aromatic heterocycles. The van der Waals surface area contributed by atoms with Crippen LogP contribution >= 0.6 is 0 Å². The van der Waals surface area contributed by atoms with Crippen LogP contribution in [0.25, 0.3) is 0 Å². The Labute approximate surface area is 83.8 Å². The number of phenolic OH excluding ortho intramolecular Hbond substituents is 1. The van der Waals surface area contributed by atoms with Crippen LogP contribution in [0.1, 0.15) is 23.6 Å². The van der Waals surface area contributed by atoms with Crippen molar-refractivity contribution < 1.29 is 9.90 Å². The molecule has 1 amide bonds. The Kier molecular flexibility index (Phi) is 3.12. The minimum Gasteiger partial charge on any atom is -0.507 e. The third-order valence-corrected chi connectivity index (χ3v) is 2.09. The molecule has 0 radical (unpaired) electrons. The summed E-state index contributed by atoms with van der Waals surface area (Å²) in [5.41, 5.74) is 2.68. The first-order valence-electron chi connectivity index (χ1n) is 4.54. The van der Waals surface area contributed by atoms with E-state index >= 15 is 0 Å². The van der Waals surface area contributed by atoms with Gasteiger partial charge >= 0.3 is 0 Å². The standard InChI is InChI=1S/C11H15NO2/c1-7-4-10(6-12-9(3)13)5-8(2)11(7)14/h4-5,14H,6H2,1-3H3,(H,12,13). The second-order valence-electron chi connectivity index (χ2n) is 3.49. The molecule has 0 aliphatic heterocycles. The fourth-order valence-electron chi connectivity index (χ4n) is 1.37. The van der Waals surface area contributed by atoms with E-state index in [2.05, 4.69) is 5.32 Å². The van der Waals surface area contributed by atoms with Gasteiger partial charge in [-0.2, -0.15) is 0 Å². The van der Waals surface area contributed by atoms with Crippen LogP contribution in [0.2, 0.25) is 0 Å². The van der Waals surface area contributed by atoms with Gasteiger partial charge in [-0.25, -0.2) is 0 Å². The SMILES string of the molecule is CC(=O)NCc1cc(C)c(O)c(C)c1. The Morgan fingerprint density at radius 1 is 1.36 bits per heavy atom. The van der Waals surface area contributed by atoms with Crippen molar-refractivity contribution in [1.82, 2.24) is 5.32 Å². The summed E-state index contributed by atoms with van der Waals surface area (Å²) < 4.78 is 0. The molecule has 0 aliphatic rings. The Hall–Kier alpha value is -1.51. The van der Waals surface area contributed by atoms with Crippen LogP contribution in [0.5, 0.6) is 5.75 Å². The highest BCUT2D eigenvalue weighted by atomic mass is 16.3. The summed E-state index contributed by atoms with van der Waals surface area (Å²) in [7, 11) is 0. The minimum absolute atomic E-state index is 0.0478. The van der Waals surface area contributed by atoms with E-state index in [1.54, 1.807) is 0 Å². The van der Waals surface area contributed by atoms with Crippen LogP contribution in [0.15, 0.2) is 12.1 Å². The molecular formula is C11H15NO2. The van der Waals surface area contributed by atoms with Crippen molar-refractivity contribution >= 4 is 5.91 Å². The van der Waals surface area contributed by atoms with Gasteiger partial charge in [0.1, 0.15) is 5.75 Å². The van der Waals surface area contributed by atoms with E-state index in [0.717, 1.165) is 16.7 Å². The van der Waals surface area contributed by atoms with Gasteiger partial charge in [-0.15, -0.1) is 0 Å². The molecule has 1 aromatic carbocycles. The molecule has 0 unspecified atom stereocenters. The predicted octanol–water partition coefficient (Wildman–Crippen LogP) is 1.65. The fraction of sp³-hybridized carbons (Fsp3) is 0.364. The van der Waals surface area contributed by atoms with Crippen molar-refractivity contribution in [2.45, 2.75) is 27.3 Å². The summed E-state index contributed by atoms with van der Waals surface area (Å²) in [6.07, 6.45) is 0. The maximum Gasteiger partial charge on any atom is 0.217 e. The van der Waals surface area contributed by atoms with Gasteiger partial charge in [0, 0.05) is 13.5 Å². The maximum atomic E-state index is 10.7. The van der Waals surface area contributed by atoms with E-state index in [0.29, 0.717) is 12.3 Å². The summed E-state index contributed by atoms with van der Waals surface area (Å²) in [5.74, 6) is 0.282. The number of carbonyl (C=O) groups excluding carboxylic acids is 1. The first-order chi connectivity index (χ1) is 6.50. The molecule has 0 heterocycles. The number of rotatable bonds is 2. The lowest BCUT2D eigenvalue weighted by Gasteiger charge is -2.08. The number of amides is 1. The van der Waals surface area contributed by atoms with Gasteiger partial charge in [-0.05, 0) is 30.5 Å². The molecule has 1 aromatic rings. The van der Waals surface area contributed by atoms with E-state index in [1.807, 2.05) is 26.0 Å². The lowest BCUT2D eigenvalue weighted by molar-refractivity contribution is -0.119. The molecule has 14 heavy (non-hydrogen) atoms. The summed E-state index contributed by atoms with van der Waals surface area (Å²) in [6, 6.07) is 3.75. The van der Waals surface area contributed by atoms with Gasteiger partial charge in [0.15, 0.2) is 0 Å². The smallest absolute Gasteiger partial charge is 0.217 e. The van der Waals surface area contributed by atoms with Crippen LogP contribution < -0.4 is 5.32 Å². The Balaban J connectivity index is 2.84. The lowest BCUT2D eigenvalue weighted by atomic mass is 10.1. The molecule has 0 saturated heterocycles. The topological polar surface area (TPSA) is 49.3 Å². The molecule has 0 aliphatic carbocycles. The number of nitrogens with one attached hydrogen (secondary N) is 1. The van der Waals surface area contributed by atoms with E-state index < -0.39 is 0 Å². The molecule has 0 spiro atoms. The average molecular weight is 193 g/mol. The van der Waals surface area contributed by atoms with Crippen molar-refractivity contribution in [2.75, 3.05) is 0 Å². The Morgan fingerprint density at radius 3 is 2.29 bits per heavy atom. The normalized spacial score (nSPS) is 9.93. The zero-order valence-corrected chi connectivity index (χ0v) is 8.72. The van der Waals surface area contributed by atoms with Gasteiger partial charge in [0.05, 0.1) is 0 Å². The highest BCUT2D eigenvalue weighted by Gasteiger charge is 2.03. The van der Waals surface area contributed by atoms with Crippen molar-refractivity contribution in [1.29, 1.82) is 0 Å². The molecule has 0 bridgehead atoms. The van der Waals surface area contributed by atoms with Gasteiger partial charge in [0.2, 0.25) is 5.91 Å². The van der Waals surface area contributed by atoms with Gasteiger partial charge < -0.3 is 10.4 Å². The van der Waals surface area contributed by atoms with Crippen LogP contribution in [0, 0.1) is 13.8 Å². The number of carbonyl (C=O) groups is 1. The molecular weight excluding hydrogens is 178 g/mol. The van der Waals surface area contributed by atoms with Gasteiger partial charge in [0.25, 0.3) is 0 Å². The van der Waals surface area contributed by atoms with Crippen LogP contribution in [0.4, 0.5) is 0 Å². The summed E-state index contributed by atoms with van der Waals surface area (Å²) in [6.45, 7) is 5.69. The van der Waals surface area contributed by atoms with E-state index in [4.69, 9.17) is 0 Å². The first kappa shape index (κ1) is 10.6. The molecule has 2 N–H and O–H groups in total. The predicted molar refractivity (Wildman–Crippen MR) is 55.1 cm³/mol. The monoisotopic (exact) mass is 193 g/mol. The van der Waals surface area contributed by atoms with Crippen molar-refractivity contribution in [3.8, 4) is 5.75 Å². The number of phenols is 1. The van der Waals surface area contributed by atoms with Gasteiger partial charge in [-0.3, -0.25) is 4.79 Å². The Bertz CT molecular complexity index is 335. The lowest BCUT2D eigenvalue weighted by Crippen LogP contribution is -2.18. The largest absolute Gasteiger partial charge is 0.507 e. The number of hydrogen-bond donors (Lipinski definition) is 2. The average Bonchev–Trinajstić information content (AvgIpc) is 2.10. The third-order valence-electron chi connectivity index (χ3n) is 2.09. The van der Waals surface area contributed by atoms with Gasteiger partial charge in [-0.1, -0.05) is 12.1 Å². The van der Waals surface area contributed by atoms with Crippen molar-refractivity contribution in [3.63, 3.8) is 0 Å². The maximum absolute atomic E-state index is 10.7. The van der Waals surface area contributed by atoms with E-state index in [9.17, 15) is 9.90 Å². The second kappa shape index (κ2) is 4.13. The molecule has 0 atom stereocenters. The highest BCUT2D eigenvalue weighted by Crippen LogP contribution is 2.22. The number of benzene rings is 1. The Morgan fingerprint density at radius 2 is 1.86 bits per heavy atom. The van der Waals surface area contributed by atoms with E-state index in [-0.39, 0.29) is 5.91 Å². The van der Waals surface area contributed by atoms with Crippen molar-refractivity contribution in [3.05, 3.63) is 28.8 Å². The summed E-state index contributed by atoms with van der Waals surface area (Å²) in [4.78, 5) is 10.7. The number of aromatic hydroxyl groups is 1. The summed E-state index contributed by atoms with van der Waals surface area (Å²) in [5, 5.41) is 12.2. The van der Waals surface area contributed by atoms with Crippen LogP contribution in [-0.2, 0) is 11.3 Å². The molecule has 76 valence electrons. The second-order valence-corrected chi connectivity index (χ2v) is 3.49. The van der Waals surface area contributed by atoms with E-state index in [1.165, 1.54) is 6.92 Å². The fourth-order valence-corrected chi connectivity index (χ4v) is 1.37. The zero-order chi connectivity index (χ0) is 10.7. The van der Waals surface area contributed by atoms with Crippen molar-refractivity contribution in [2.24, 2.45) is 0 Å². The first-order valence-corrected chi connectivity index (χ1v) is 4.54. The third kappa shape index (κ3) is 2.49. The molecule has 0 saturated carbocycles. The molecule has 0 fully saturated rings. The summed E-state index contributed by atoms with van der Waals surface area (Å²) >= 11 is 0. The minimum atomic E-state index is -0.0478. The van der Waals surface area contributed by atoms with Crippen LogP contribution in [-0.4, -0.2) is 11.0 Å². The van der Waals surface area contributed by atoms with Crippen LogP contribution in [0.3, 0.4) is 0 Å². The quantitative estimate of drug-likeness (QED) is 0.750. The molecule has 3 heteroatoms. The number of hydrogen-bond acceptors (Lipinski definition) is 2. The number of aryl methyl sites for hydroxylation is 2. The highest BCUT2D eigenvalue weighted by molar-refractivity contribution is 5.72. The molecule has 3 nitrogen and oxygen atoms in total.